The summed E-state index contributed by atoms with van der Waals surface area (Å²) in [6, 6.07) is 10.1. The second-order valence-corrected chi connectivity index (χ2v) is 7.72. The first-order chi connectivity index (χ1) is 13.7. The van der Waals surface area contributed by atoms with Crippen LogP contribution in [0.5, 0.6) is 11.5 Å². The van der Waals surface area contributed by atoms with E-state index in [1.165, 1.54) is 12.1 Å². The Hall–Kier alpha value is -2.92. The number of hydrogen-bond donors (Lipinski definition) is 3. The number of aliphatic hydroxyl groups excluding tert-OH is 1. The normalized spacial score (nSPS) is 14.2. The van der Waals surface area contributed by atoms with Crippen molar-refractivity contribution in [2.24, 2.45) is 0 Å². The highest BCUT2D eigenvalue weighted by atomic mass is 35.5. The summed E-state index contributed by atoms with van der Waals surface area (Å²) in [4.78, 5) is 24.3. The number of aliphatic hydroxyl groups is 1. The van der Waals surface area contributed by atoms with E-state index >= 15 is 0 Å². The van der Waals surface area contributed by atoms with Gasteiger partial charge in [0.05, 0.1) is 18.8 Å². The van der Waals surface area contributed by atoms with E-state index in [-0.39, 0.29) is 23.7 Å². The lowest BCUT2D eigenvalue weighted by molar-refractivity contribution is -0.137. The predicted molar refractivity (Wildman–Crippen MR) is 103 cm³/mol. The molecule has 1 heterocycles. The third kappa shape index (κ3) is 4.74. The van der Waals surface area contributed by atoms with Gasteiger partial charge in [-0.15, -0.1) is 0 Å². The molecule has 2 amide bonds. The molecule has 0 aromatic heterocycles. The Morgan fingerprint density at radius 1 is 1.07 bits per heavy atom. The molecule has 0 saturated carbocycles. The minimum absolute atomic E-state index is 0.107. The van der Waals surface area contributed by atoms with E-state index in [4.69, 9.17) is 21.4 Å². The summed E-state index contributed by atoms with van der Waals surface area (Å²) in [5.74, 6) is -0.889. The van der Waals surface area contributed by atoms with Gasteiger partial charge >= 0.3 is 0 Å². The predicted octanol–water partition coefficient (Wildman–Crippen LogP) is 2.04. The van der Waals surface area contributed by atoms with Crippen molar-refractivity contribution in [3.8, 4) is 11.5 Å². The lowest BCUT2D eigenvalue weighted by Crippen LogP contribution is -2.34. The van der Waals surface area contributed by atoms with Crippen LogP contribution in [-0.2, 0) is 19.7 Å². The van der Waals surface area contributed by atoms with Crippen LogP contribution in [0.15, 0.2) is 59.1 Å². The molecule has 0 aliphatic carbocycles. The van der Waals surface area contributed by atoms with E-state index in [9.17, 15) is 22.6 Å². The number of β-amino-alcohol motifs (C(OH)–C–C–N with tert-alkyl or cyclic N) is 1. The summed E-state index contributed by atoms with van der Waals surface area (Å²) in [5.41, 5.74) is -0.325. The molecular formula is C18H15ClN2O7S. The molecule has 0 fully saturated rings. The van der Waals surface area contributed by atoms with E-state index < -0.39 is 33.4 Å². The topological polar surface area (TPSA) is 133 Å². The first kappa shape index (κ1) is 20.8. The number of carbonyl (C=O) groups excluding carboxylic acids is 2. The average molecular weight is 439 g/mol. The Morgan fingerprint density at radius 3 is 2.34 bits per heavy atom. The smallest absolute Gasteiger partial charge is 0.296 e. The van der Waals surface area contributed by atoms with Crippen LogP contribution in [0.1, 0.15) is 0 Å². The third-order valence-corrected chi connectivity index (χ3v) is 5.03. The first-order valence-corrected chi connectivity index (χ1v) is 10.0. The van der Waals surface area contributed by atoms with Crippen LogP contribution in [0, 0.1) is 0 Å². The average Bonchev–Trinajstić information content (AvgIpc) is 2.92. The maximum atomic E-state index is 12.2. The van der Waals surface area contributed by atoms with Gasteiger partial charge in [0, 0.05) is 17.2 Å². The quantitative estimate of drug-likeness (QED) is 0.441. The number of ether oxygens (including phenoxy) is 1. The maximum Gasteiger partial charge on any atom is 0.296 e. The number of rotatable bonds is 7. The van der Waals surface area contributed by atoms with E-state index in [0.717, 1.165) is 17.0 Å². The summed E-state index contributed by atoms with van der Waals surface area (Å²) in [5, 5.41) is 12.0. The van der Waals surface area contributed by atoms with Gasteiger partial charge in [-0.05, 0) is 36.4 Å². The Morgan fingerprint density at radius 2 is 1.72 bits per heavy atom. The van der Waals surface area contributed by atoms with Gasteiger partial charge in [0.2, 0.25) is 0 Å². The Bertz CT molecular complexity index is 1100. The van der Waals surface area contributed by atoms with Gasteiger partial charge in [0.1, 0.15) is 22.1 Å². The number of anilines is 1. The molecule has 0 radical (unpaired) electrons. The Kier molecular flexibility index (Phi) is 5.89. The van der Waals surface area contributed by atoms with E-state index in [1.54, 1.807) is 24.3 Å². The van der Waals surface area contributed by atoms with Crippen molar-refractivity contribution in [3.05, 3.63) is 59.3 Å². The number of hydrogen-bond acceptors (Lipinski definition) is 7. The zero-order chi connectivity index (χ0) is 21.2. The van der Waals surface area contributed by atoms with Crippen molar-refractivity contribution >= 4 is 39.2 Å². The second-order valence-electron chi connectivity index (χ2n) is 5.89. The molecule has 152 valence electrons. The zero-order valence-corrected chi connectivity index (χ0v) is 16.3. The summed E-state index contributed by atoms with van der Waals surface area (Å²) in [6.07, 6.45) is 0.976. The molecule has 0 atom stereocenters. The highest BCUT2D eigenvalue weighted by molar-refractivity contribution is 7.86. The molecular weight excluding hydrogens is 424 g/mol. The van der Waals surface area contributed by atoms with Gasteiger partial charge in [-0.2, -0.15) is 8.42 Å². The van der Waals surface area contributed by atoms with Crippen molar-refractivity contribution in [1.29, 1.82) is 0 Å². The fourth-order valence-electron chi connectivity index (χ4n) is 2.58. The van der Waals surface area contributed by atoms with Crippen LogP contribution in [0.4, 0.5) is 5.69 Å². The molecule has 2 aromatic rings. The third-order valence-electron chi connectivity index (χ3n) is 3.88. The summed E-state index contributed by atoms with van der Waals surface area (Å²) < 4.78 is 38.8. The van der Waals surface area contributed by atoms with Crippen LogP contribution in [0.3, 0.4) is 0 Å². The number of benzene rings is 2. The van der Waals surface area contributed by atoms with Crippen LogP contribution < -0.4 is 10.1 Å². The zero-order valence-electron chi connectivity index (χ0n) is 14.7. The van der Waals surface area contributed by atoms with Crippen molar-refractivity contribution in [2.45, 2.75) is 4.90 Å². The van der Waals surface area contributed by atoms with Gasteiger partial charge in [0.25, 0.3) is 21.9 Å². The SMILES string of the molecule is O=C1C=C(Nc2ccc(Oc3ccc(Cl)cc3)cc2S(=O)(=O)O)C(=O)N1CCO. The van der Waals surface area contributed by atoms with Crippen LogP contribution in [0.2, 0.25) is 5.02 Å². The second kappa shape index (κ2) is 8.21. The Balaban J connectivity index is 1.89. The summed E-state index contributed by atoms with van der Waals surface area (Å²) >= 11 is 5.80. The molecule has 3 rings (SSSR count). The van der Waals surface area contributed by atoms with Gasteiger partial charge in [-0.1, -0.05) is 11.6 Å². The highest BCUT2D eigenvalue weighted by Gasteiger charge is 2.31. The molecule has 0 unspecified atom stereocenters. The molecule has 0 spiro atoms. The molecule has 11 heteroatoms. The molecule has 1 aliphatic heterocycles. The van der Waals surface area contributed by atoms with E-state index in [1.807, 2.05) is 0 Å². The summed E-state index contributed by atoms with van der Waals surface area (Å²) in [6.45, 7) is -0.607. The molecule has 0 bridgehead atoms. The molecule has 9 nitrogen and oxygen atoms in total. The lowest BCUT2D eigenvalue weighted by Gasteiger charge is -2.15. The van der Waals surface area contributed by atoms with Crippen LogP contribution >= 0.6 is 11.6 Å². The monoisotopic (exact) mass is 438 g/mol. The maximum absolute atomic E-state index is 12.2. The standard InChI is InChI=1S/C18H15ClN2O7S/c19-11-1-3-12(4-2-11)28-13-5-6-14(16(9-13)29(25,26)27)20-15-10-17(23)21(7-8-22)18(15)24/h1-6,9-10,20,22H,7-8H2,(H,25,26,27). The first-order valence-electron chi connectivity index (χ1n) is 8.19. The van der Waals surface area contributed by atoms with E-state index in [0.29, 0.717) is 10.8 Å². The number of nitrogens with one attached hydrogen (secondary N) is 1. The molecule has 3 N–H and O–H groups in total. The van der Waals surface area contributed by atoms with Crippen molar-refractivity contribution in [1.82, 2.24) is 4.90 Å². The van der Waals surface area contributed by atoms with E-state index in [2.05, 4.69) is 5.32 Å². The minimum Gasteiger partial charge on any atom is -0.457 e. The largest absolute Gasteiger partial charge is 0.457 e. The van der Waals surface area contributed by atoms with Gasteiger partial charge < -0.3 is 15.2 Å². The minimum atomic E-state index is -4.69. The Labute approximate surface area is 170 Å². The number of imide groups is 1. The van der Waals surface area contributed by atoms with Crippen molar-refractivity contribution in [3.63, 3.8) is 0 Å². The van der Waals surface area contributed by atoms with Gasteiger partial charge in [-0.3, -0.25) is 19.0 Å². The fourth-order valence-corrected chi connectivity index (χ4v) is 3.36. The van der Waals surface area contributed by atoms with Crippen molar-refractivity contribution < 1.29 is 32.4 Å². The van der Waals surface area contributed by atoms with Gasteiger partial charge in [-0.25, -0.2) is 0 Å². The fraction of sp³-hybridized carbons (Fsp3) is 0.111. The molecule has 2 aromatic carbocycles. The van der Waals surface area contributed by atoms with Crippen molar-refractivity contribution in [2.75, 3.05) is 18.5 Å². The molecule has 29 heavy (non-hydrogen) atoms. The van der Waals surface area contributed by atoms with Crippen LogP contribution in [0.25, 0.3) is 0 Å². The number of carbonyl (C=O) groups is 2. The summed E-state index contributed by atoms with van der Waals surface area (Å²) in [7, 11) is -4.69. The molecule has 0 saturated heterocycles. The highest BCUT2D eigenvalue weighted by Crippen LogP contribution is 2.31. The number of nitrogens with zero attached hydrogens (tertiary/aromatic N) is 1. The lowest BCUT2D eigenvalue weighted by atomic mass is 10.2. The van der Waals surface area contributed by atoms with Crippen LogP contribution in [-0.4, -0.2) is 47.9 Å². The molecule has 1 aliphatic rings. The van der Waals surface area contributed by atoms with Gasteiger partial charge in [0.15, 0.2) is 0 Å². The number of amides is 2. The number of halogens is 1.